The van der Waals surface area contributed by atoms with Crippen LogP contribution in [0.1, 0.15) is 74.2 Å². The van der Waals surface area contributed by atoms with Crippen molar-refractivity contribution < 1.29 is 0 Å². The summed E-state index contributed by atoms with van der Waals surface area (Å²) in [5.41, 5.74) is 14.5. The van der Waals surface area contributed by atoms with Gasteiger partial charge in [-0.3, -0.25) is 9.97 Å². The molecule has 0 N–H and O–H groups in total. The molecule has 0 spiro atoms. The van der Waals surface area contributed by atoms with E-state index >= 15 is 0 Å². The highest BCUT2D eigenvalue weighted by Crippen LogP contribution is 2.42. The summed E-state index contributed by atoms with van der Waals surface area (Å²) in [4.78, 5) is 10.2. The summed E-state index contributed by atoms with van der Waals surface area (Å²) >= 11 is 0. The van der Waals surface area contributed by atoms with Gasteiger partial charge in [-0.25, -0.2) is 0 Å². The van der Waals surface area contributed by atoms with E-state index in [-0.39, 0.29) is 5.41 Å². The molecule has 0 bridgehead atoms. The smallest absolute Gasteiger partial charge is 0.0974 e. The van der Waals surface area contributed by atoms with Gasteiger partial charge in [0.1, 0.15) is 0 Å². The van der Waals surface area contributed by atoms with Crippen LogP contribution in [0.5, 0.6) is 0 Å². The van der Waals surface area contributed by atoms with E-state index in [2.05, 4.69) is 123 Å². The minimum absolute atomic E-state index is 0.0296. The quantitative estimate of drug-likeness (QED) is 0.237. The molecule has 0 radical (unpaired) electrons. The molecule has 37 heavy (non-hydrogen) atoms. The number of hydrogen-bond donors (Lipinski definition) is 0. The van der Waals surface area contributed by atoms with Crippen molar-refractivity contribution in [3.8, 4) is 22.3 Å². The van der Waals surface area contributed by atoms with Gasteiger partial charge >= 0.3 is 0 Å². The summed E-state index contributed by atoms with van der Waals surface area (Å²) in [5.74, 6) is 0.433. The van der Waals surface area contributed by atoms with Crippen LogP contribution in [-0.2, 0) is 5.41 Å². The molecule has 2 nitrogen and oxygen atoms in total. The topological polar surface area (TPSA) is 25.8 Å². The Morgan fingerprint density at radius 1 is 0.622 bits per heavy atom. The molecule has 188 valence electrons. The van der Waals surface area contributed by atoms with Crippen molar-refractivity contribution in [3.63, 3.8) is 0 Å². The molecule has 0 aliphatic rings. The number of fused-ring (bicyclic) bond motifs is 3. The SMILES string of the molecule is Cc1cc(-c2c(C)cccc2C(C)C)c2ccc3c(-c4c(C)cccc4C(C)(C)C)cc(C)nc3c2n1. The molecule has 0 fully saturated rings. The highest BCUT2D eigenvalue weighted by Gasteiger charge is 2.23. The van der Waals surface area contributed by atoms with Crippen LogP contribution >= 0.6 is 0 Å². The highest BCUT2D eigenvalue weighted by atomic mass is 14.8. The molecule has 0 aliphatic carbocycles. The molecule has 3 aromatic carbocycles. The van der Waals surface area contributed by atoms with Crippen molar-refractivity contribution in [1.29, 1.82) is 0 Å². The van der Waals surface area contributed by atoms with Crippen LogP contribution in [0.4, 0.5) is 0 Å². The molecule has 2 aromatic heterocycles. The molecule has 0 unspecified atom stereocenters. The van der Waals surface area contributed by atoms with E-state index < -0.39 is 0 Å². The van der Waals surface area contributed by atoms with Crippen molar-refractivity contribution >= 4 is 21.8 Å². The Morgan fingerprint density at radius 3 is 1.62 bits per heavy atom. The Labute approximate surface area is 221 Å². The standard InChI is InChI=1S/C35H38N2/c1-20(2)25-14-10-12-21(3)31(25)28-18-23(5)36-33-26(28)16-17-27-29(19-24(6)37-34(27)33)32-22(4)13-11-15-30(32)35(7,8)9/h10-20H,1-9H3. The lowest BCUT2D eigenvalue weighted by molar-refractivity contribution is 0.591. The van der Waals surface area contributed by atoms with Crippen molar-refractivity contribution in [2.24, 2.45) is 0 Å². The fourth-order valence-electron chi connectivity index (χ4n) is 5.83. The average Bonchev–Trinajstić information content (AvgIpc) is 2.82. The van der Waals surface area contributed by atoms with Gasteiger partial charge in [0.05, 0.1) is 11.0 Å². The average molecular weight is 487 g/mol. The van der Waals surface area contributed by atoms with Gasteiger partial charge in [0.25, 0.3) is 0 Å². The summed E-state index contributed by atoms with van der Waals surface area (Å²) in [5, 5.41) is 2.33. The van der Waals surface area contributed by atoms with Crippen LogP contribution in [-0.4, -0.2) is 9.97 Å². The molecular formula is C35H38N2. The summed E-state index contributed by atoms with van der Waals surface area (Å²) in [7, 11) is 0. The summed E-state index contributed by atoms with van der Waals surface area (Å²) in [6.07, 6.45) is 0. The Hall–Kier alpha value is -3.52. The first-order chi connectivity index (χ1) is 17.5. The number of aryl methyl sites for hydroxylation is 4. The third kappa shape index (κ3) is 4.33. The van der Waals surface area contributed by atoms with Crippen molar-refractivity contribution in [2.45, 2.75) is 73.6 Å². The van der Waals surface area contributed by atoms with Gasteiger partial charge in [0.15, 0.2) is 0 Å². The molecule has 2 heteroatoms. The van der Waals surface area contributed by atoms with E-state index in [1.54, 1.807) is 0 Å². The first kappa shape index (κ1) is 25.1. The van der Waals surface area contributed by atoms with Crippen LogP contribution < -0.4 is 0 Å². The zero-order valence-electron chi connectivity index (χ0n) is 23.7. The predicted molar refractivity (Wildman–Crippen MR) is 160 cm³/mol. The van der Waals surface area contributed by atoms with Crippen molar-refractivity contribution in [3.05, 3.63) is 94.3 Å². The van der Waals surface area contributed by atoms with E-state index in [9.17, 15) is 0 Å². The fourth-order valence-corrected chi connectivity index (χ4v) is 5.83. The number of rotatable bonds is 3. The Balaban J connectivity index is 1.91. The Morgan fingerprint density at radius 2 is 1.11 bits per heavy atom. The summed E-state index contributed by atoms with van der Waals surface area (Å²) in [6, 6.07) is 22.4. The second-order valence-electron chi connectivity index (χ2n) is 11.9. The van der Waals surface area contributed by atoms with Gasteiger partial charge in [-0.1, -0.05) is 83.1 Å². The molecule has 0 saturated heterocycles. The van der Waals surface area contributed by atoms with Crippen LogP contribution in [0.15, 0.2) is 60.7 Å². The van der Waals surface area contributed by atoms with E-state index in [0.29, 0.717) is 5.92 Å². The zero-order chi connectivity index (χ0) is 26.6. The molecule has 0 saturated carbocycles. The maximum atomic E-state index is 5.10. The second-order valence-corrected chi connectivity index (χ2v) is 11.9. The van der Waals surface area contributed by atoms with Gasteiger partial charge in [0.2, 0.25) is 0 Å². The number of benzene rings is 3. The third-order valence-electron chi connectivity index (χ3n) is 7.56. The first-order valence-corrected chi connectivity index (χ1v) is 13.4. The van der Waals surface area contributed by atoms with Gasteiger partial charge in [-0.15, -0.1) is 0 Å². The maximum absolute atomic E-state index is 5.10. The second kappa shape index (κ2) is 9.10. The van der Waals surface area contributed by atoms with E-state index in [4.69, 9.17) is 9.97 Å². The molecule has 5 rings (SSSR count). The van der Waals surface area contributed by atoms with Crippen LogP contribution in [0, 0.1) is 27.7 Å². The third-order valence-corrected chi connectivity index (χ3v) is 7.56. The van der Waals surface area contributed by atoms with Crippen LogP contribution in [0.2, 0.25) is 0 Å². The Kier molecular flexibility index (Phi) is 6.18. The minimum atomic E-state index is 0.0296. The molecule has 2 heterocycles. The fraction of sp³-hybridized carbons (Fsp3) is 0.314. The van der Waals surface area contributed by atoms with Crippen LogP contribution in [0.25, 0.3) is 44.1 Å². The first-order valence-electron chi connectivity index (χ1n) is 13.4. The van der Waals surface area contributed by atoms with E-state index in [1.807, 2.05) is 0 Å². The lowest BCUT2D eigenvalue weighted by Crippen LogP contribution is -2.13. The van der Waals surface area contributed by atoms with Crippen LogP contribution in [0.3, 0.4) is 0 Å². The van der Waals surface area contributed by atoms with E-state index in [1.165, 1.54) is 49.9 Å². The highest BCUT2D eigenvalue weighted by molar-refractivity contribution is 6.12. The number of aromatic nitrogens is 2. The maximum Gasteiger partial charge on any atom is 0.0974 e. The summed E-state index contributed by atoms with van der Waals surface area (Å²) in [6.45, 7) is 20.1. The lowest BCUT2D eigenvalue weighted by atomic mass is 9.79. The molecule has 0 amide bonds. The zero-order valence-corrected chi connectivity index (χ0v) is 23.7. The van der Waals surface area contributed by atoms with Crippen molar-refractivity contribution in [2.75, 3.05) is 0 Å². The lowest BCUT2D eigenvalue weighted by Gasteiger charge is -2.25. The molecule has 5 aromatic rings. The molecular weight excluding hydrogens is 448 g/mol. The largest absolute Gasteiger partial charge is 0.251 e. The van der Waals surface area contributed by atoms with Gasteiger partial charge in [-0.05, 0) is 95.7 Å². The van der Waals surface area contributed by atoms with Crippen molar-refractivity contribution in [1.82, 2.24) is 9.97 Å². The van der Waals surface area contributed by atoms with Gasteiger partial charge in [0, 0.05) is 22.2 Å². The van der Waals surface area contributed by atoms with E-state index in [0.717, 1.165) is 27.8 Å². The summed E-state index contributed by atoms with van der Waals surface area (Å²) < 4.78 is 0. The number of nitrogens with zero attached hydrogens (tertiary/aromatic N) is 2. The normalized spacial score (nSPS) is 12.2. The molecule has 0 aliphatic heterocycles. The predicted octanol–water partition coefficient (Wildman–Crippen LogP) is 9.77. The molecule has 0 atom stereocenters. The van der Waals surface area contributed by atoms with Gasteiger partial charge in [-0.2, -0.15) is 0 Å². The minimum Gasteiger partial charge on any atom is -0.251 e. The number of pyridine rings is 2. The Bertz CT molecular complexity index is 1670. The monoisotopic (exact) mass is 486 g/mol. The van der Waals surface area contributed by atoms with Gasteiger partial charge < -0.3 is 0 Å². The number of hydrogen-bond acceptors (Lipinski definition) is 2.